The number of benzene rings is 1. The monoisotopic (exact) mass is 267 g/mol. The van der Waals surface area contributed by atoms with Crippen molar-refractivity contribution < 1.29 is 9.47 Å². The van der Waals surface area contributed by atoms with Crippen LogP contribution >= 0.6 is 11.6 Å². The van der Waals surface area contributed by atoms with Crippen LogP contribution in [-0.4, -0.2) is 26.8 Å². The van der Waals surface area contributed by atoms with Crippen molar-refractivity contribution in [1.82, 2.24) is 5.32 Å². The van der Waals surface area contributed by atoms with Crippen LogP contribution in [0.4, 0.5) is 0 Å². The third kappa shape index (κ3) is 1.95. The number of nitrogens with one attached hydrogen (secondary N) is 1. The molecule has 0 radical (unpaired) electrons. The molecule has 1 atom stereocenters. The lowest BCUT2D eigenvalue weighted by Gasteiger charge is -2.25. The molecule has 0 aliphatic carbocycles. The van der Waals surface area contributed by atoms with Gasteiger partial charge in [-0.3, -0.25) is 0 Å². The van der Waals surface area contributed by atoms with Crippen molar-refractivity contribution in [2.75, 3.05) is 26.8 Å². The highest BCUT2D eigenvalue weighted by atomic mass is 35.5. The van der Waals surface area contributed by atoms with Gasteiger partial charge in [0.05, 0.1) is 18.7 Å². The number of halogens is 1. The fourth-order valence-corrected chi connectivity index (χ4v) is 3.28. The second-order valence-corrected chi connectivity index (χ2v) is 5.31. The van der Waals surface area contributed by atoms with Gasteiger partial charge in [0, 0.05) is 18.5 Å². The molecule has 1 aromatic rings. The summed E-state index contributed by atoms with van der Waals surface area (Å²) in [6, 6.07) is 2.06. The maximum absolute atomic E-state index is 6.55. The Hall–Kier alpha value is -0.930. The molecule has 18 heavy (non-hydrogen) atoms. The molecule has 0 bridgehead atoms. The fourth-order valence-electron chi connectivity index (χ4n) is 2.90. The van der Waals surface area contributed by atoms with Gasteiger partial charge in [-0.15, -0.1) is 0 Å². The predicted molar refractivity (Wildman–Crippen MR) is 72.0 cm³/mol. The van der Waals surface area contributed by atoms with E-state index in [2.05, 4.69) is 11.4 Å². The van der Waals surface area contributed by atoms with E-state index < -0.39 is 0 Å². The summed E-state index contributed by atoms with van der Waals surface area (Å²) in [5.74, 6) is 2.16. The van der Waals surface area contributed by atoms with Crippen molar-refractivity contribution in [1.29, 1.82) is 0 Å². The first-order valence-corrected chi connectivity index (χ1v) is 6.92. The second-order valence-electron chi connectivity index (χ2n) is 4.93. The lowest BCUT2D eigenvalue weighted by Crippen LogP contribution is -2.28. The molecular weight excluding hydrogens is 250 g/mol. The van der Waals surface area contributed by atoms with E-state index in [1.807, 2.05) is 0 Å². The number of rotatable bonds is 2. The summed E-state index contributed by atoms with van der Waals surface area (Å²) in [5, 5.41) is 4.32. The smallest absolute Gasteiger partial charge is 0.165 e. The van der Waals surface area contributed by atoms with Gasteiger partial charge >= 0.3 is 0 Å². The molecule has 0 aromatic heterocycles. The maximum atomic E-state index is 6.55. The summed E-state index contributed by atoms with van der Waals surface area (Å²) in [4.78, 5) is 0. The topological polar surface area (TPSA) is 30.5 Å². The van der Waals surface area contributed by atoms with E-state index in [0.29, 0.717) is 12.5 Å². The van der Waals surface area contributed by atoms with Crippen LogP contribution in [-0.2, 0) is 6.42 Å². The van der Waals surface area contributed by atoms with Gasteiger partial charge in [0.25, 0.3) is 0 Å². The molecule has 1 unspecified atom stereocenters. The van der Waals surface area contributed by atoms with Crippen LogP contribution in [0.3, 0.4) is 0 Å². The normalized spacial score (nSPS) is 22.4. The SMILES string of the molecule is COc1cc(C2CCCNC2)c(Cl)c2c1OCC2. The van der Waals surface area contributed by atoms with Crippen LogP contribution in [0.25, 0.3) is 0 Å². The van der Waals surface area contributed by atoms with Crippen LogP contribution in [0.5, 0.6) is 11.5 Å². The number of ether oxygens (including phenoxy) is 2. The van der Waals surface area contributed by atoms with Crippen LogP contribution in [0.2, 0.25) is 5.02 Å². The first-order chi connectivity index (χ1) is 8.81. The van der Waals surface area contributed by atoms with Gasteiger partial charge in [0.15, 0.2) is 11.5 Å². The quantitative estimate of drug-likeness (QED) is 0.894. The van der Waals surface area contributed by atoms with Crippen molar-refractivity contribution in [2.24, 2.45) is 0 Å². The summed E-state index contributed by atoms with van der Waals surface area (Å²) >= 11 is 6.55. The fraction of sp³-hybridized carbons (Fsp3) is 0.571. The first kappa shape index (κ1) is 12.1. The highest BCUT2D eigenvalue weighted by Crippen LogP contribution is 2.45. The van der Waals surface area contributed by atoms with E-state index in [1.165, 1.54) is 18.4 Å². The Morgan fingerprint density at radius 1 is 1.50 bits per heavy atom. The first-order valence-electron chi connectivity index (χ1n) is 6.54. The summed E-state index contributed by atoms with van der Waals surface area (Å²) in [6.07, 6.45) is 3.28. The van der Waals surface area contributed by atoms with Crippen molar-refractivity contribution >= 4 is 11.6 Å². The summed E-state index contributed by atoms with van der Waals surface area (Å²) in [6.45, 7) is 2.82. The minimum absolute atomic E-state index is 0.492. The number of fused-ring (bicyclic) bond motifs is 1. The molecule has 2 aliphatic heterocycles. The molecule has 0 amide bonds. The Kier molecular flexibility index (Phi) is 3.35. The van der Waals surface area contributed by atoms with E-state index in [4.69, 9.17) is 21.1 Å². The zero-order valence-corrected chi connectivity index (χ0v) is 11.3. The molecule has 0 spiro atoms. The number of hydrogen-bond acceptors (Lipinski definition) is 3. The average molecular weight is 268 g/mol. The number of hydrogen-bond donors (Lipinski definition) is 1. The number of piperidine rings is 1. The Bertz CT molecular complexity index is 456. The lowest BCUT2D eigenvalue weighted by atomic mass is 9.90. The molecule has 1 aromatic carbocycles. The van der Waals surface area contributed by atoms with Crippen LogP contribution in [0.15, 0.2) is 6.07 Å². The lowest BCUT2D eigenvalue weighted by molar-refractivity contribution is 0.325. The zero-order chi connectivity index (χ0) is 12.5. The molecule has 1 fully saturated rings. The third-order valence-corrected chi connectivity index (χ3v) is 4.30. The van der Waals surface area contributed by atoms with Gasteiger partial charge in [-0.2, -0.15) is 0 Å². The standard InChI is InChI=1S/C14H18ClNO2/c1-17-12-7-11(9-3-2-5-16-8-9)13(15)10-4-6-18-14(10)12/h7,9,16H,2-6,8H2,1H3. The molecule has 2 aliphatic rings. The number of methoxy groups -OCH3 is 1. The summed E-state index contributed by atoms with van der Waals surface area (Å²) < 4.78 is 11.1. The minimum Gasteiger partial charge on any atom is -0.493 e. The van der Waals surface area contributed by atoms with E-state index in [-0.39, 0.29) is 0 Å². The molecule has 1 N–H and O–H groups in total. The van der Waals surface area contributed by atoms with Crippen molar-refractivity contribution in [3.05, 3.63) is 22.2 Å². The van der Waals surface area contributed by atoms with Gasteiger partial charge in [-0.05, 0) is 36.9 Å². The molecular formula is C14H18ClNO2. The van der Waals surface area contributed by atoms with Crippen molar-refractivity contribution in [3.8, 4) is 11.5 Å². The van der Waals surface area contributed by atoms with E-state index in [1.54, 1.807) is 7.11 Å². The van der Waals surface area contributed by atoms with Gasteiger partial charge in [0.2, 0.25) is 0 Å². The molecule has 3 nitrogen and oxygen atoms in total. The molecule has 1 saturated heterocycles. The molecule has 2 heterocycles. The summed E-state index contributed by atoms with van der Waals surface area (Å²) in [7, 11) is 1.69. The summed E-state index contributed by atoms with van der Waals surface area (Å²) in [5.41, 5.74) is 2.33. The molecule has 4 heteroatoms. The molecule has 3 rings (SSSR count). The van der Waals surface area contributed by atoms with Crippen LogP contribution in [0.1, 0.15) is 29.9 Å². The molecule has 0 saturated carbocycles. The zero-order valence-electron chi connectivity index (χ0n) is 10.6. The highest BCUT2D eigenvalue weighted by Gasteiger charge is 2.27. The average Bonchev–Trinajstić information content (AvgIpc) is 2.90. The van der Waals surface area contributed by atoms with Crippen LogP contribution < -0.4 is 14.8 Å². The highest BCUT2D eigenvalue weighted by molar-refractivity contribution is 6.32. The Morgan fingerprint density at radius 3 is 3.11 bits per heavy atom. The Morgan fingerprint density at radius 2 is 2.39 bits per heavy atom. The van der Waals surface area contributed by atoms with E-state index in [9.17, 15) is 0 Å². The Labute approximate surface area is 112 Å². The van der Waals surface area contributed by atoms with Gasteiger partial charge < -0.3 is 14.8 Å². The van der Waals surface area contributed by atoms with Crippen molar-refractivity contribution in [3.63, 3.8) is 0 Å². The minimum atomic E-state index is 0.492. The second kappa shape index (κ2) is 4.98. The van der Waals surface area contributed by atoms with Gasteiger partial charge in [-0.1, -0.05) is 11.6 Å². The molecule has 98 valence electrons. The Balaban J connectivity index is 2.03. The largest absolute Gasteiger partial charge is 0.493 e. The third-order valence-electron chi connectivity index (χ3n) is 3.86. The maximum Gasteiger partial charge on any atom is 0.165 e. The van der Waals surface area contributed by atoms with E-state index in [0.717, 1.165) is 41.6 Å². The van der Waals surface area contributed by atoms with Gasteiger partial charge in [-0.25, -0.2) is 0 Å². The van der Waals surface area contributed by atoms with Gasteiger partial charge in [0.1, 0.15) is 0 Å². The van der Waals surface area contributed by atoms with Crippen LogP contribution in [0, 0.1) is 0 Å². The van der Waals surface area contributed by atoms with E-state index >= 15 is 0 Å². The van der Waals surface area contributed by atoms with Crippen molar-refractivity contribution in [2.45, 2.75) is 25.2 Å². The predicted octanol–water partition coefficient (Wildman–Crippen LogP) is 2.75.